The molecule has 2 rings (SSSR count). The SMILES string of the molecule is CCCCCCC/C=C/C=C/C(=O)CCc1c(O)c2c(c(C(=O)O)c1O)C(=O)NC2. The first-order chi connectivity index (χ1) is 14.4. The van der Waals surface area contributed by atoms with E-state index in [0.717, 1.165) is 12.8 Å². The number of amides is 1. The fraction of sp³-hybridized carbons (Fsp3) is 0.435. The van der Waals surface area contributed by atoms with Crippen LogP contribution in [0, 0.1) is 0 Å². The van der Waals surface area contributed by atoms with E-state index in [1.54, 1.807) is 6.08 Å². The van der Waals surface area contributed by atoms with Crippen LogP contribution in [0.4, 0.5) is 0 Å². The van der Waals surface area contributed by atoms with E-state index in [4.69, 9.17) is 0 Å². The average molecular weight is 415 g/mol. The second-order valence-corrected chi connectivity index (χ2v) is 7.35. The zero-order chi connectivity index (χ0) is 22.1. The molecule has 1 aromatic carbocycles. The summed E-state index contributed by atoms with van der Waals surface area (Å²) in [7, 11) is 0. The minimum Gasteiger partial charge on any atom is -0.507 e. The predicted octanol–water partition coefficient (Wildman–Crippen LogP) is 4.01. The Morgan fingerprint density at radius 2 is 1.80 bits per heavy atom. The van der Waals surface area contributed by atoms with Crippen molar-refractivity contribution in [3.05, 3.63) is 46.6 Å². The van der Waals surface area contributed by atoms with E-state index >= 15 is 0 Å². The molecule has 1 aliphatic heterocycles. The van der Waals surface area contributed by atoms with Crippen LogP contribution >= 0.6 is 0 Å². The Labute approximate surface area is 176 Å². The number of carboxylic acid groups (broad SMARTS) is 1. The molecular weight excluding hydrogens is 386 g/mol. The molecule has 0 aromatic heterocycles. The van der Waals surface area contributed by atoms with Crippen LogP contribution in [0.25, 0.3) is 0 Å². The number of carboxylic acids is 1. The van der Waals surface area contributed by atoms with Crippen molar-refractivity contribution in [1.29, 1.82) is 0 Å². The maximum absolute atomic E-state index is 12.1. The van der Waals surface area contributed by atoms with Crippen molar-refractivity contribution in [2.24, 2.45) is 0 Å². The summed E-state index contributed by atoms with van der Waals surface area (Å²) in [4.78, 5) is 35.5. The zero-order valence-electron chi connectivity index (χ0n) is 17.2. The van der Waals surface area contributed by atoms with Gasteiger partial charge in [0.15, 0.2) is 5.78 Å². The monoisotopic (exact) mass is 415 g/mol. The van der Waals surface area contributed by atoms with Crippen LogP contribution in [0.15, 0.2) is 24.3 Å². The van der Waals surface area contributed by atoms with Gasteiger partial charge in [-0.3, -0.25) is 9.59 Å². The van der Waals surface area contributed by atoms with Gasteiger partial charge in [-0.15, -0.1) is 0 Å². The molecule has 0 saturated heterocycles. The van der Waals surface area contributed by atoms with Crippen molar-refractivity contribution < 1.29 is 29.7 Å². The number of aromatic carboxylic acids is 1. The lowest BCUT2D eigenvalue weighted by molar-refractivity contribution is -0.114. The molecule has 0 aliphatic carbocycles. The Morgan fingerprint density at radius 1 is 1.07 bits per heavy atom. The van der Waals surface area contributed by atoms with Crippen LogP contribution in [-0.2, 0) is 17.8 Å². The summed E-state index contributed by atoms with van der Waals surface area (Å²) in [6.45, 7) is 2.16. The summed E-state index contributed by atoms with van der Waals surface area (Å²) in [6, 6.07) is 0. The third-order valence-electron chi connectivity index (χ3n) is 5.14. The van der Waals surface area contributed by atoms with Crippen LogP contribution in [-0.4, -0.2) is 33.0 Å². The molecule has 0 unspecified atom stereocenters. The highest BCUT2D eigenvalue weighted by Gasteiger charge is 2.34. The van der Waals surface area contributed by atoms with Crippen molar-refractivity contribution in [2.45, 2.75) is 64.8 Å². The Bertz CT molecular complexity index is 869. The summed E-state index contributed by atoms with van der Waals surface area (Å²) in [5.41, 5.74) is -0.674. The van der Waals surface area contributed by atoms with E-state index in [9.17, 15) is 29.7 Å². The van der Waals surface area contributed by atoms with Crippen molar-refractivity contribution in [1.82, 2.24) is 5.32 Å². The molecule has 1 aliphatic rings. The summed E-state index contributed by atoms with van der Waals surface area (Å²) in [5, 5.41) is 32.5. The molecule has 0 spiro atoms. The summed E-state index contributed by atoms with van der Waals surface area (Å²) >= 11 is 0. The number of rotatable bonds is 12. The first-order valence-corrected chi connectivity index (χ1v) is 10.4. The van der Waals surface area contributed by atoms with Crippen molar-refractivity contribution in [3.8, 4) is 11.5 Å². The smallest absolute Gasteiger partial charge is 0.340 e. The number of carbonyl (C=O) groups is 3. The minimum absolute atomic E-state index is 0.0122. The quantitative estimate of drug-likeness (QED) is 0.232. The number of nitrogens with one attached hydrogen (secondary N) is 1. The fourth-order valence-corrected chi connectivity index (χ4v) is 3.49. The van der Waals surface area contributed by atoms with Gasteiger partial charge in [0, 0.05) is 24.1 Å². The fourth-order valence-electron chi connectivity index (χ4n) is 3.49. The van der Waals surface area contributed by atoms with Crippen molar-refractivity contribution in [3.63, 3.8) is 0 Å². The molecule has 0 fully saturated rings. The Balaban J connectivity index is 1.96. The summed E-state index contributed by atoms with van der Waals surface area (Å²) in [6.07, 6.45) is 13.9. The maximum atomic E-state index is 12.1. The second kappa shape index (κ2) is 11.2. The highest BCUT2D eigenvalue weighted by atomic mass is 16.4. The van der Waals surface area contributed by atoms with Gasteiger partial charge in [0.05, 0.1) is 5.56 Å². The lowest BCUT2D eigenvalue weighted by Gasteiger charge is -2.13. The second-order valence-electron chi connectivity index (χ2n) is 7.35. The molecule has 1 amide bonds. The van der Waals surface area contributed by atoms with Crippen molar-refractivity contribution >= 4 is 17.7 Å². The van der Waals surface area contributed by atoms with Gasteiger partial charge >= 0.3 is 5.97 Å². The minimum atomic E-state index is -1.46. The van der Waals surface area contributed by atoms with Crippen LogP contribution in [0.1, 0.15) is 83.7 Å². The molecule has 0 radical (unpaired) electrons. The number of phenolic OH excluding ortho intramolecular Hbond substituents is 1. The largest absolute Gasteiger partial charge is 0.507 e. The molecule has 7 nitrogen and oxygen atoms in total. The number of benzene rings is 1. The van der Waals surface area contributed by atoms with E-state index in [0.29, 0.717) is 0 Å². The van der Waals surface area contributed by atoms with Crippen LogP contribution in [0.5, 0.6) is 11.5 Å². The third kappa shape index (κ3) is 5.72. The number of phenols is 2. The Hall–Kier alpha value is -3.09. The molecule has 7 heteroatoms. The molecular formula is C23H29NO6. The van der Waals surface area contributed by atoms with Gasteiger partial charge < -0.3 is 20.6 Å². The highest BCUT2D eigenvalue weighted by Crippen LogP contribution is 2.40. The number of allylic oxidation sites excluding steroid dienone is 4. The Kier molecular flexibility index (Phi) is 8.65. The molecule has 1 heterocycles. The van der Waals surface area contributed by atoms with Gasteiger partial charge in [-0.2, -0.15) is 0 Å². The Morgan fingerprint density at radius 3 is 2.50 bits per heavy atom. The topological polar surface area (TPSA) is 124 Å². The van der Waals surface area contributed by atoms with E-state index in [1.165, 1.54) is 31.8 Å². The van der Waals surface area contributed by atoms with E-state index in [-0.39, 0.29) is 47.6 Å². The molecule has 0 saturated carbocycles. The number of aromatic hydroxyl groups is 2. The number of unbranched alkanes of at least 4 members (excludes halogenated alkanes) is 5. The van der Waals surface area contributed by atoms with Gasteiger partial charge in [-0.1, -0.05) is 50.8 Å². The standard InChI is InChI=1S/C23H29NO6/c1-2-3-4-5-6-7-8-9-10-11-15(25)12-13-16-20(26)17-14-24-22(28)18(17)19(21(16)27)23(29)30/h8-11,26-27H,2-7,12-14H2,1H3,(H,24,28)(H,29,30)/b9-8+,11-10+. The van der Waals surface area contributed by atoms with Crippen LogP contribution in [0.3, 0.4) is 0 Å². The third-order valence-corrected chi connectivity index (χ3v) is 5.14. The van der Waals surface area contributed by atoms with Crippen LogP contribution in [0.2, 0.25) is 0 Å². The first-order valence-electron chi connectivity index (χ1n) is 10.4. The summed E-state index contributed by atoms with van der Waals surface area (Å²) < 4.78 is 0. The molecule has 1 aromatic rings. The van der Waals surface area contributed by atoms with Gasteiger partial charge in [0.1, 0.15) is 17.1 Å². The number of carbonyl (C=O) groups excluding carboxylic acids is 2. The average Bonchev–Trinajstić information content (AvgIpc) is 3.08. The molecule has 4 N–H and O–H groups in total. The van der Waals surface area contributed by atoms with Crippen molar-refractivity contribution in [2.75, 3.05) is 0 Å². The lowest BCUT2D eigenvalue weighted by Crippen LogP contribution is -2.15. The van der Waals surface area contributed by atoms with Gasteiger partial charge in [0.2, 0.25) is 0 Å². The molecule has 30 heavy (non-hydrogen) atoms. The zero-order valence-corrected chi connectivity index (χ0v) is 17.2. The van der Waals surface area contributed by atoms with Crippen LogP contribution < -0.4 is 5.32 Å². The summed E-state index contributed by atoms with van der Waals surface area (Å²) in [5.74, 6) is -3.35. The maximum Gasteiger partial charge on any atom is 0.340 e. The lowest BCUT2D eigenvalue weighted by atomic mass is 9.93. The number of ketones is 1. The number of hydrogen-bond donors (Lipinski definition) is 4. The molecule has 0 bridgehead atoms. The van der Waals surface area contributed by atoms with E-state index < -0.39 is 23.2 Å². The number of hydrogen-bond acceptors (Lipinski definition) is 5. The first kappa shape index (κ1) is 23.2. The van der Waals surface area contributed by atoms with Gasteiger partial charge in [-0.05, 0) is 25.3 Å². The normalized spacial score (nSPS) is 13.2. The molecule has 0 atom stereocenters. The van der Waals surface area contributed by atoms with Gasteiger partial charge in [0.25, 0.3) is 5.91 Å². The molecule has 162 valence electrons. The predicted molar refractivity (Wildman–Crippen MR) is 113 cm³/mol. The van der Waals surface area contributed by atoms with Gasteiger partial charge in [-0.25, -0.2) is 4.79 Å². The van der Waals surface area contributed by atoms with E-state index in [2.05, 4.69) is 12.2 Å². The number of fused-ring (bicyclic) bond motifs is 1. The van der Waals surface area contributed by atoms with E-state index in [1.807, 2.05) is 12.2 Å². The highest BCUT2D eigenvalue weighted by molar-refractivity contribution is 6.10.